The lowest BCUT2D eigenvalue weighted by atomic mass is 10.2. The van der Waals surface area contributed by atoms with Gasteiger partial charge in [-0.2, -0.15) is 0 Å². The molecule has 0 saturated heterocycles. The zero-order valence-electron chi connectivity index (χ0n) is 13.3. The van der Waals surface area contributed by atoms with Gasteiger partial charge in [-0.1, -0.05) is 30.3 Å². The summed E-state index contributed by atoms with van der Waals surface area (Å²) in [6.07, 6.45) is 3.78. The number of ether oxygens (including phenoxy) is 1. The largest absolute Gasteiger partial charge is 0.461 e. The third-order valence-electron chi connectivity index (χ3n) is 3.54. The summed E-state index contributed by atoms with van der Waals surface area (Å²) < 4.78 is 7.16. The minimum atomic E-state index is -0.321. The molecule has 118 valence electrons. The Morgan fingerprint density at radius 1 is 1.22 bits per heavy atom. The maximum atomic E-state index is 12.1. The van der Waals surface area contributed by atoms with E-state index in [0.29, 0.717) is 18.7 Å². The lowest BCUT2D eigenvalue weighted by Gasteiger charge is -2.09. The molecule has 0 saturated carbocycles. The van der Waals surface area contributed by atoms with Gasteiger partial charge in [-0.15, -0.1) is 0 Å². The Labute approximate surface area is 135 Å². The molecule has 0 unspecified atom stereocenters. The maximum Gasteiger partial charge on any atom is 0.338 e. The van der Waals surface area contributed by atoms with Gasteiger partial charge >= 0.3 is 5.97 Å². The molecule has 0 bridgehead atoms. The number of carbonyl (C=O) groups is 1. The summed E-state index contributed by atoms with van der Waals surface area (Å²) >= 11 is 0. The molecule has 3 aromatic rings. The highest BCUT2D eigenvalue weighted by molar-refractivity contribution is 5.90. The van der Waals surface area contributed by atoms with Crippen molar-refractivity contribution in [1.29, 1.82) is 0 Å². The number of hydrogen-bond donors (Lipinski definition) is 0. The molecule has 1 aromatic carbocycles. The van der Waals surface area contributed by atoms with Crippen LogP contribution in [0.5, 0.6) is 0 Å². The zero-order chi connectivity index (χ0) is 16.2. The van der Waals surface area contributed by atoms with Gasteiger partial charge < -0.3 is 14.0 Å². The van der Waals surface area contributed by atoms with Gasteiger partial charge in [0, 0.05) is 24.5 Å². The molecule has 0 aliphatic heterocycles. The highest BCUT2D eigenvalue weighted by atomic mass is 16.5. The smallest absolute Gasteiger partial charge is 0.338 e. The van der Waals surface area contributed by atoms with Crippen LogP contribution in [0.1, 0.15) is 10.4 Å². The van der Waals surface area contributed by atoms with Gasteiger partial charge in [0.05, 0.1) is 11.3 Å². The molecule has 0 aliphatic carbocycles. The van der Waals surface area contributed by atoms with Crippen molar-refractivity contribution in [2.24, 2.45) is 0 Å². The molecule has 2 aromatic heterocycles. The van der Waals surface area contributed by atoms with E-state index in [1.165, 1.54) is 0 Å². The first-order chi connectivity index (χ1) is 11.1. The van der Waals surface area contributed by atoms with Gasteiger partial charge in [-0.3, -0.25) is 0 Å². The molecule has 3 rings (SSSR count). The molecule has 0 N–H and O–H groups in total. The summed E-state index contributed by atoms with van der Waals surface area (Å²) in [5, 5.41) is 0. The van der Waals surface area contributed by atoms with E-state index in [0.717, 1.165) is 16.9 Å². The molecule has 0 atom stereocenters. The van der Waals surface area contributed by atoms with E-state index in [9.17, 15) is 4.79 Å². The number of rotatable bonds is 5. The predicted molar refractivity (Wildman–Crippen MR) is 89.5 cm³/mol. The number of carbonyl (C=O) groups excluding carboxylic acids is 1. The number of esters is 1. The Bertz CT molecular complexity index is 810. The number of benzene rings is 1. The number of pyridine rings is 1. The Kier molecular flexibility index (Phi) is 4.39. The van der Waals surface area contributed by atoms with Crippen LogP contribution in [-0.4, -0.2) is 47.5 Å². The van der Waals surface area contributed by atoms with Crippen molar-refractivity contribution in [3.63, 3.8) is 0 Å². The zero-order valence-corrected chi connectivity index (χ0v) is 13.3. The van der Waals surface area contributed by atoms with Crippen LogP contribution in [0.25, 0.3) is 16.9 Å². The Morgan fingerprint density at radius 3 is 2.74 bits per heavy atom. The second-order valence-corrected chi connectivity index (χ2v) is 5.61. The fraction of sp³-hybridized carbons (Fsp3) is 0.222. The van der Waals surface area contributed by atoms with Crippen molar-refractivity contribution < 1.29 is 9.53 Å². The standard InChI is InChI=1S/C18H19N3O2/c1-20(2)10-11-23-18(22)15-8-9-21-13-16(19-17(21)12-15)14-6-4-3-5-7-14/h3-9,12-13H,10-11H2,1-2H3. The minimum Gasteiger partial charge on any atom is -0.461 e. The molecular weight excluding hydrogens is 290 g/mol. The lowest BCUT2D eigenvalue weighted by molar-refractivity contribution is 0.0482. The quantitative estimate of drug-likeness (QED) is 0.680. The Morgan fingerprint density at radius 2 is 2.00 bits per heavy atom. The van der Waals surface area contributed by atoms with E-state index < -0.39 is 0 Å². The maximum absolute atomic E-state index is 12.1. The van der Waals surface area contributed by atoms with Gasteiger partial charge in [0.25, 0.3) is 0 Å². The fourth-order valence-electron chi connectivity index (χ4n) is 2.26. The monoisotopic (exact) mass is 309 g/mol. The summed E-state index contributed by atoms with van der Waals surface area (Å²) in [7, 11) is 3.88. The summed E-state index contributed by atoms with van der Waals surface area (Å²) in [5.41, 5.74) is 3.17. The minimum absolute atomic E-state index is 0.321. The third-order valence-corrected chi connectivity index (χ3v) is 3.54. The number of hydrogen-bond acceptors (Lipinski definition) is 4. The van der Waals surface area contributed by atoms with Gasteiger partial charge in [-0.05, 0) is 26.2 Å². The highest BCUT2D eigenvalue weighted by Crippen LogP contribution is 2.19. The molecule has 0 aliphatic rings. The average molecular weight is 309 g/mol. The molecular formula is C18H19N3O2. The van der Waals surface area contributed by atoms with Crippen LogP contribution >= 0.6 is 0 Å². The van der Waals surface area contributed by atoms with Gasteiger partial charge in [0.1, 0.15) is 12.3 Å². The van der Waals surface area contributed by atoms with Crippen LogP contribution in [0.3, 0.4) is 0 Å². The van der Waals surface area contributed by atoms with E-state index in [4.69, 9.17) is 4.74 Å². The van der Waals surface area contributed by atoms with E-state index >= 15 is 0 Å². The number of imidazole rings is 1. The normalized spacial score (nSPS) is 11.1. The van der Waals surface area contributed by atoms with Crippen molar-refractivity contribution in [3.8, 4) is 11.3 Å². The van der Waals surface area contributed by atoms with Crippen LogP contribution in [-0.2, 0) is 4.74 Å². The van der Waals surface area contributed by atoms with Crippen molar-refractivity contribution in [2.75, 3.05) is 27.2 Å². The predicted octanol–water partition coefficient (Wildman–Crippen LogP) is 2.72. The second kappa shape index (κ2) is 6.62. The number of likely N-dealkylation sites (N-methyl/N-ethyl adjacent to an activating group) is 1. The van der Waals surface area contributed by atoms with Crippen LogP contribution in [0.15, 0.2) is 54.9 Å². The first-order valence-electron chi connectivity index (χ1n) is 7.49. The van der Waals surface area contributed by atoms with E-state index in [2.05, 4.69) is 4.98 Å². The molecule has 2 heterocycles. The van der Waals surface area contributed by atoms with Crippen LogP contribution in [0.2, 0.25) is 0 Å². The summed E-state index contributed by atoms with van der Waals surface area (Å²) in [6, 6.07) is 13.5. The van der Waals surface area contributed by atoms with Crippen molar-refractivity contribution >= 4 is 11.6 Å². The van der Waals surface area contributed by atoms with Crippen molar-refractivity contribution in [2.45, 2.75) is 0 Å². The molecule has 0 fully saturated rings. The van der Waals surface area contributed by atoms with Crippen LogP contribution in [0.4, 0.5) is 0 Å². The van der Waals surface area contributed by atoms with Crippen molar-refractivity contribution in [3.05, 3.63) is 60.4 Å². The number of fused-ring (bicyclic) bond motifs is 1. The molecule has 5 heteroatoms. The topological polar surface area (TPSA) is 46.8 Å². The molecule has 0 spiro atoms. The number of aromatic nitrogens is 2. The van der Waals surface area contributed by atoms with Crippen LogP contribution < -0.4 is 0 Å². The molecule has 5 nitrogen and oxygen atoms in total. The van der Waals surface area contributed by atoms with Gasteiger partial charge in [0.15, 0.2) is 0 Å². The first-order valence-corrected chi connectivity index (χ1v) is 7.49. The number of nitrogens with zero attached hydrogens (tertiary/aromatic N) is 3. The lowest BCUT2D eigenvalue weighted by Crippen LogP contribution is -2.20. The van der Waals surface area contributed by atoms with Crippen LogP contribution in [0, 0.1) is 0 Å². The summed E-state index contributed by atoms with van der Waals surface area (Å²) in [6.45, 7) is 1.08. The molecule has 0 amide bonds. The van der Waals surface area contributed by atoms with E-state index in [1.54, 1.807) is 12.1 Å². The highest BCUT2D eigenvalue weighted by Gasteiger charge is 2.10. The Hall–Kier alpha value is -2.66. The first kappa shape index (κ1) is 15.2. The van der Waals surface area contributed by atoms with E-state index in [1.807, 2.05) is 66.1 Å². The molecule has 23 heavy (non-hydrogen) atoms. The Balaban J connectivity index is 1.80. The summed E-state index contributed by atoms with van der Waals surface area (Å²) in [4.78, 5) is 18.6. The van der Waals surface area contributed by atoms with Gasteiger partial charge in [0.2, 0.25) is 0 Å². The van der Waals surface area contributed by atoms with Crippen molar-refractivity contribution in [1.82, 2.24) is 14.3 Å². The average Bonchev–Trinajstić information content (AvgIpc) is 2.98. The third kappa shape index (κ3) is 3.57. The SMILES string of the molecule is CN(C)CCOC(=O)c1ccn2cc(-c3ccccc3)nc2c1. The second-order valence-electron chi connectivity index (χ2n) is 5.61. The molecule has 0 radical (unpaired) electrons. The van der Waals surface area contributed by atoms with Gasteiger partial charge in [-0.25, -0.2) is 9.78 Å². The fourth-order valence-corrected chi connectivity index (χ4v) is 2.26. The van der Waals surface area contributed by atoms with E-state index in [-0.39, 0.29) is 5.97 Å². The summed E-state index contributed by atoms with van der Waals surface area (Å²) in [5.74, 6) is -0.321.